The fourth-order valence-electron chi connectivity index (χ4n) is 3.85. The van der Waals surface area contributed by atoms with Gasteiger partial charge in [0.15, 0.2) is 11.4 Å². The standard InChI is InChI=1S/C26H15NO4/c1-15-13-21(28)31-25-19(15)11-12-20-23(25)22(16-7-4-3-5-8-16)26(30-20)24(29)17-9-6-10-18(14-17)27-2/h3-14H,1H3. The van der Waals surface area contributed by atoms with Crippen LogP contribution in [-0.2, 0) is 0 Å². The van der Waals surface area contributed by atoms with Crippen molar-refractivity contribution in [2.75, 3.05) is 0 Å². The van der Waals surface area contributed by atoms with E-state index in [1.807, 2.05) is 43.3 Å². The Balaban J connectivity index is 1.89. The summed E-state index contributed by atoms with van der Waals surface area (Å²) in [4.78, 5) is 29.0. The van der Waals surface area contributed by atoms with Crippen LogP contribution in [0.25, 0.3) is 37.9 Å². The van der Waals surface area contributed by atoms with Gasteiger partial charge in [-0.3, -0.25) is 4.79 Å². The molecule has 0 unspecified atom stereocenters. The van der Waals surface area contributed by atoms with Crippen molar-refractivity contribution in [3.63, 3.8) is 0 Å². The summed E-state index contributed by atoms with van der Waals surface area (Å²) in [5, 5.41) is 1.35. The summed E-state index contributed by atoms with van der Waals surface area (Å²) in [7, 11) is 0. The van der Waals surface area contributed by atoms with Gasteiger partial charge in [-0.15, -0.1) is 0 Å². The number of hydrogen-bond acceptors (Lipinski definition) is 4. The summed E-state index contributed by atoms with van der Waals surface area (Å²) in [5.74, 6) is -0.205. The highest BCUT2D eigenvalue weighted by atomic mass is 16.4. The molecule has 0 spiro atoms. The number of carbonyl (C=O) groups is 1. The van der Waals surface area contributed by atoms with E-state index in [-0.39, 0.29) is 11.5 Å². The zero-order chi connectivity index (χ0) is 21.5. The highest BCUT2D eigenvalue weighted by molar-refractivity contribution is 6.20. The van der Waals surface area contributed by atoms with Crippen LogP contribution in [0.15, 0.2) is 86.4 Å². The molecular formula is C26H15NO4. The first-order chi connectivity index (χ1) is 15.1. The number of carbonyl (C=O) groups excluding carboxylic acids is 1. The highest BCUT2D eigenvalue weighted by Crippen LogP contribution is 2.40. The predicted molar refractivity (Wildman–Crippen MR) is 119 cm³/mol. The molecule has 5 heteroatoms. The number of rotatable bonds is 3. The van der Waals surface area contributed by atoms with Gasteiger partial charge in [0.05, 0.1) is 12.0 Å². The van der Waals surface area contributed by atoms with E-state index >= 15 is 0 Å². The quantitative estimate of drug-likeness (QED) is 0.201. The summed E-state index contributed by atoms with van der Waals surface area (Å²) < 4.78 is 11.6. The Hall–Kier alpha value is -4.43. The second kappa shape index (κ2) is 7.12. The Bertz CT molecular complexity index is 1580. The zero-order valence-corrected chi connectivity index (χ0v) is 16.5. The van der Waals surface area contributed by atoms with E-state index in [9.17, 15) is 9.59 Å². The third-order valence-electron chi connectivity index (χ3n) is 5.28. The molecule has 5 nitrogen and oxygen atoms in total. The van der Waals surface area contributed by atoms with Gasteiger partial charge >= 0.3 is 5.63 Å². The van der Waals surface area contributed by atoms with Crippen molar-refractivity contribution in [1.82, 2.24) is 0 Å². The second-order valence-corrected chi connectivity index (χ2v) is 7.23. The minimum Gasteiger partial charge on any atom is -0.452 e. The van der Waals surface area contributed by atoms with Gasteiger partial charge in [-0.25, -0.2) is 9.64 Å². The summed E-state index contributed by atoms with van der Waals surface area (Å²) in [6.07, 6.45) is 0. The monoisotopic (exact) mass is 405 g/mol. The Morgan fingerprint density at radius 2 is 1.74 bits per heavy atom. The van der Waals surface area contributed by atoms with Crippen LogP contribution in [0.3, 0.4) is 0 Å². The summed E-state index contributed by atoms with van der Waals surface area (Å²) in [5.41, 5.74) is 3.21. The van der Waals surface area contributed by atoms with Gasteiger partial charge in [0.1, 0.15) is 11.2 Å². The van der Waals surface area contributed by atoms with Crippen molar-refractivity contribution in [2.24, 2.45) is 0 Å². The van der Waals surface area contributed by atoms with Gasteiger partial charge in [-0.05, 0) is 36.2 Å². The Morgan fingerprint density at radius 3 is 2.52 bits per heavy atom. The summed E-state index contributed by atoms with van der Waals surface area (Å²) in [6, 6.07) is 20.9. The van der Waals surface area contributed by atoms with E-state index < -0.39 is 5.63 Å². The topological polar surface area (TPSA) is 64.8 Å². The fourth-order valence-corrected chi connectivity index (χ4v) is 3.85. The molecule has 0 aliphatic rings. The first-order valence-corrected chi connectivity index (χ1v) is 9.64. The van der Waals surface area contributed by atoms with Gasteiger partial charge in [-0.2, -0.15) is 0 Å². The van der Waals surface area contributed by atoms with Crippen LogP contribution in [0.4, 0.5) is 5.69 Å². The van der Waals surface area contributed by atoms with Crippen molar-refractivity contribution < 1.29 is 13.6 Å². The Labute approximate surface area is 177 Å². The van der Waals surface area contributed by atoms with E-state index in [0.717, 1.165) is 16.5 Å². The molecular weight excluding hydrogens is 390 g/mol. The molecule has 0 N–H and O–H groups in total. The van der Waals surface area contributed by atoms with E-state index in [2.05, 4.69) is 4.85 Å². The van der Waals surface area contributed by atoms with Crippen LogP contribution in [0.2, 0.25) is 0 Å². The number of benzene rings is 3. The maximum Gasteiger partial charge on any atom is 0.336 e. The molecule has 31 heavy (non-hydrogen) atoms. The smallest absolute Gasteiger partial charge is 0.336 e. The maximum atomic E-state index is 13.5. The molecule has 0 atom stereocenters. The number of fused-ring (bicyclic) bond motifs is 3. The van der Waals surface area contributed by atoms with Crippen LogP contribution in [0.1, 0.15) is 21.7 Å². The van der Waals surface area contributed by atoms with Crippen LogP contribution < -0.4 is 5.63 Å². The van der Waals surface area contributed by atoms with E-state index in [1.54, 1.807) is 30.3 Å². The molecule has 0 radical (unpaired) electrons. The van der Waals surface area contributed by atoms with Gasteiger partial charge in [0, 0.05) is 22.6 Å². The third-order valence-corrected chi connectivity index (χ3v) is 5.28. The lowest BCUT2D eigenvalue weighted by Gasteiger charge is -2.05. The van der Waals surface area contributed by atoms with Crippen LogP contribution >= 0.6 is 0 Å². The predicted octanol–water partition coefficient (Wildman–Crippen LogP) is 6.30. The average Bonchev–Trinajstić information content (AvgIpc) is 3.19. The van der Waals surface area contributed by atoms with E-state index in [4.69, 9.17) is 15.4 Å². The largest absolute Gasteiger partial charge is 0.452 e. The van der Waals surface area contributed by atoms with Gasteiger partial charge in [0.2, 0.25) is 5.78 Å². The highest BCUT2D eigenvalue weighted by Gasteiger charge is 2.26. The SMILES string of the molecule is [C-]#[N+]c1cccc(C(=O)c2oc3ccc4c(C)cc(=O)oc4c3c2-c2ccccc2)c1. The number of furan rings is 1. The average molecular weight is 405 g/mol. The molecule has 0 aliphatic carbocycles. The molecule has 0 fully saturated rings. The maximum absolute atomic E-state index is 13.5. The molecule has 5 aromatic rings. The first kappa shape index (κ1) is 18.6. The summed E-state index contributed by atoms with van der Waals surface area (Å²) in [6.45, 7) is 9.07. The number of aryl methyl sites for hydroxylation is 1. The lowest BCUT2D eigenvalue weighted by molar-refractivity contribution is 0.101. The van der Waals surface area contributed by atoms with Crippen LogP contribution in [0, 0.1) is 13.5 Å². The number of nitrogens with zero attached hydrogens (tertiary/aromatic N) is 1. The number of hydrogen-bond donors (Lipinski definition) is 0. The van der Waals surface area contributed by atoms with Crippen molar-refractivity contribution in [3.05, 3.63) is 112 Å². The molecule has 0 saturated carbocycles. The molecule has 2 aromatic heterocycles. The molecule has 5 rings (SSSR count). The first-order valence-electron chi connectivity index (χ1n) is 9.64. The van der Waals surface area contributed by atoms with Crippen molar-refractivity contribution in [1.29, 1.82) is 0 Å². The Morgan fingerprint density at radius 1 is 0.935 bits per heavy atom. The van der Waals surface area contributed by atoms with Gasteiger partial charge in [0.25, 0.3) is 0 Å². The lowest BCUT2D eigenvalue weighted by atomic mass is 9.96. The molecule has 2 heterocycles. The van der Waals surface area contributed by atoms with E-state index in [0.29, 0.717) is 33.4 Å². The van der Waals surface area contributed by atoms with Gasteiger partial charge in [-0.1, -0.05) is 48.5 Å². The third kappa shape index (κ3) is 3.02. The molecule has 0 aliphatic heterocycles. The molecule has 0 bridgehead atoms. The van der Waals surface area contributed by atoms with Crippen molar-refractivity contribution in [2.45, 2.75) is 6.92 Å². The molecule has 3 aromatic carbocycles. The minimum atomic E-state index is -0.463. The van der Waals surface area contributed by atoms with Crippen molar-refractivity contribution >= 4 is 33.4 Å². The number of ketones is 1. The molecule has 0 saturated heterocycles. The van der Waals surface area contributed by atoms with Crippen LogP contribution in [-0.4, -0.2) is 5.78 Å². The Kier molecular flexibility index (Phi) is 4.27. The molecule has 148 valence electrons. The van der Waals surface area contributed by atoms with Gasteiger partial charge < -0.3 is 8.83 Å². The second-order valence-electron chi connectivity index (χ2n) is 7.23. The normalized spacial score (nSPS) is 11.0. The van der Waals surface area contributed by atoms with Crippen molar-refractivity contribution in [3.8, 4) is 11.1 Å². The van der Waals surface area contributed by atoms with Crippen LogP contribution in [0.5, 0.6) is 0 Å². The minimum absolute atomic E-state index is 0.139. The summed E-state index contributed by atoms with van der Waals surface area (Å²) >= 11 is 0. The molecule has 0 amide bonds. The zero-order valence-electron chi connectivity index (χ0n) is 16.5. The lowest BCUT2D eigenvalue weighted by Crippen LogP contribution is -2.01. The fraction of sp³-hybridized carbons (Fsp3) is 0.0385. The van der Waals surface area contributed by atoms with E-state index in [1.165, 1.54) is 6.07 Å².